The van der Waals surface area contributed by atoms with Crippen LogP contribution in [0, 0.1) is 11.6 Å². The van der Waals surface area contributed by atoms with Crippen LogP contribution in [-0.4, -0.2) is 27.2 Å². The van der Waals surface area contributed by atoms with E-state index >= 15 is 0 Å². The highest BCUT2D eigenvalue weighted by atomic mass is 32.2. The summed E-state index contributed by atoms with van der Waals surface area (Å²) in [7, 11) is -3.97. The molecule has 6 nitrogen and oxygen atoms in total. The number of para-hydroxylation sites is 1. The van der Waals surface area contributed by atoms with Gasteiger partial charge in [-0.2, -0.15) is 8.78 Å². The third-order valence-corrected chi connectivity index (χ3v) is 3.67. The van der Waals surface area contributed by atoms with E-state index in [1.54, 1.807) is 0 Å². The third kappa shape index (κ3) is 5.84. The van der Waals surface area contributed by atoms with Gasteiger partial charge < -0.3 is 9.47 Å². The van der Waals surface area contributed by atoms with E-state index in [1.165, 1.54) is 29.0 Å². The van der Waals surface area contributed by atoms with Gasteiger partial charge in [0.05, 0.1) is 11.8 Å². The first-order valence-electron chi connectivity index (χ1n) is 7.23. The summed E-state index contributed by atoms with van der Waals surface area (Å²) in [5.41, 5.74) is -0.691. The molecule has 0 unspecified atom stereocenters. The van der Waals surface area contributed by atoms with Crippen LogP contribution in [-0.2, 0) is 16.6 Å². The molecule has 0 aliphatic heterocycles. The van der Waals surface area contributed by atoms with Gasteiger partial charge in [-0.15, -0.1) is 0 Å². The Balaban J connectivity index is 2.20. The fourth-order valence-electron chi connectivity index (χ4n) is 2.03. The Bertz CT molecular complexity index is 950. The zero-order valence-corrected chi connectivity index (χ0v) is 14.5. The zero-order chi connectivity index (χ0) is 20.2. The third-order valence-electron chi connectivity index (χ3n) is 3.12. The fraction of sp³-hybridized carbons (Fsp3) is 0.188. The maximum atomic E-state index is 14.1. The number of alkyl halides is 2. The van der Waals surface area contributed by atoms with Crippen molar-refractivity contribution in [3.05, 3.63) is 59.2 Å². The lowest BCUT2D eigenvalue weighted by molar-refractivity contribution is -0.0508. The van der Waals surface area contributed by atoms with Gasteiger partial charge >= 0.3 is 6.61 Å². The van der Waals surface area contributed by atoms with Gasteiger partial charge in [0, 0.05) is 11.6 Å². The summed E-state index contributed by atoms with van der Waals surface area (Å²) < 4.78 is 85.7. The number of sulfonamides is 1. The topological polar surface area (TPSA) is 81.7 Å². The van der Waals surface area contributed by atoms with E-state index in [1.807, 2.05) is 0 Å². The summed E-state index contributed by atoms with van der Waals surface area (Å²) in [5.74, 6) is -4.53. The van der Waals surface area contributed by atoms with Gasteiger partial charge in [0.15, 0.2) is 11.6 Å². The van der Waals surface area contributed by atoms with Crippen LogP contribution in [0.25, 0.3) is 0 Å². The molecule has 0 heterocycles. The van der Waals surface area contributed by atoms with Crippen LogP contribution in [0.3, 0.4) is 0 Å². The largest absolute Gasteiger partial charge is 0.486 e. The van der Waals surface area contributed by atoms with Crippen molar-refractivity contribution in [3.8, 4) is 11.5 Å². The first kappa shape index (κ1) is 20.5. The Morgan fingerprint density at radius 3 is 2.41 bits per heavy atom. The number of benzene rings is 2. The average molecular weight is 407 g/mol. The minimum atomic E-state index is -3.97. The quantitative estimate of drug-likeness (QED) is 0.714. The van der Waals surface area contributed by atoms with Gasteiger partial charge in [0.2, 0.25) is 10.0 Å². The molecule has 0 fully saturated rings. The highest BCUT2D eigenvalue weighted by Gasteiger charge is 2.20. The van der Waals surface area contributed by atoms with Crippen LogP contribution < -0.4 is 14.2 Å². The van der Waals surface area contributed by atoms with E-state index in [0.29, 0.717) is 18.4 Å². The molecule has 0 saturated heterocycles. The summed E-state index contributed by atoms with van der Waals surface area (Å²) in [6.45, 7) is -3.50. The van der Waals surface area contributed by atoms with E-state index in [4.69, 9.17) is 4.74 Å². The van der Waals surface area contributed by atoms with Crippen molar-refractivity contribution in [3.63, 3.8) is 0 Å². The maximum absolute atomic E-state index is 14.1. The van der Waals surface area contributed by atoms with Crippen LogP contribution in [0.5, 0.6) is 11.5 Å². The van der Waals surface area contributed by atoms with Gasteiger partial charge in [0.25, 0.3) is 5.91 Å². The van der Waals surface area contributed by atoms with Crippen molar-refractivity contribution in [2.24, 2.45) is 0 Å². The molecule has 11 heteroatoms. The molecule has 0 spiro atoms. The van der Waals surface area contributed by atoms with E-state index in [-0.39, 0.29) is 11.3 Å². The van der Waals surface area contributed by atoms with Crippen LogP contribution >= 0.6 is 0 Å². The van der Waals surface area contributed by atoms with Crippen molar-refractivity contribution in [1.82, 2.24) is 4.72 Å². The standard InChI is InChI=1S/C16H13F4NO5S/c1-27(23,24)21-15(22)10-6-12(18)14(7-11(10)17)25-8-9-4-2-3-5-13(9)26-16(19)20/h2-7,16H,8H2,1H3,(H,21,22). The number of hydrogen-bond donors (Lipinski definition) is 1. The molecule has 0 radical (unpaired) electrons. The Labute approximate surface area is 151 Å². The summed E-state index contributed by atoms with van der Waals surface area (Å²) in [5, 5.41) is 0. The van der Waals surface area contributed by atoms with E-state index in [0.717, 1.165) is 0 Å². The second kappa shape index (κ2) is 8.25. The predicted octanol–water partition coefficient (Wildman–Crippen LogP) is 2.83. The number of carbonyl (C=O) groups is 1. The van der Waals surface area contributed by atoms with E-state index in [2.05, 4.69) is 4.74 Å². The molecule has 146 valence electrons. The summed E-state index contributed by atoms with van der Waals surface area (Å²) in [6.07, 6.45) is 0.676. The number of hydrogen-bond acceptors (Lipinski definition) is 5. The normalized spacial score (nSPS) is 11.3. The predicted molar refractivity (Wildman–Crippen MR) is 86.1 cm³/mol. The lowest BCUT2D eigenvalue weighted by Crippen LogP contribution is -2.30. The monoisotopic (exact) mass is 407 g/mol. The van der Waals surface area contributed by atoms with E-state index in [9.17, 15) is 30.8 Å². The number of rotatable bonds is 7. The molecule has 0 bridgehead atoms. The highest BCUT2D eigenvalue weighted by molar-refractivity contribution is 7.89. The second-order valence-corrected chi connectivity index (χ2v) is 6.99. The van der Waals surface area contributed by atoms with Crippen LogP contribution in [0.4, 0.5) is 17.6 Å². The van der Waals surface area contributed by atoms with Crippen LogP contribution in [0.2, 0.25) is 0 Å². The number of halogens is 4. The Morgan fingerprint density at radius 1 is 1.11 bits per heavy atom. The van der Waals surface area contributed by atoms with Gasteiger partial charge in [-0.3, -0.25) is 4.79 Å². The molecular formula is C16H13F4NO5S. The molecule has 0 aromatic heterocycles. The Hall–Kier alpha value is -2.82. The van der Waals surface area contributed by atoms with Crippen LogP contribution in [0.15, 0.2) is 36.4 Å². The van der Waals surface area contributed by atoms with Gasteiger partial charge in [-0.1, -0.05) is 18.2 Å². The molecule has 0 aliphatic rings. The van der Waals surface area contributed by atoms with Crippen molar-refractivity contribution in [2.75, 3.05) is 6.26 Å². The van der Waals surface area contributed by atoms with Crippen molar-refractivity contribution < 1.29 is 40.2 Å². The van der Waals surface area contributed by atoms with Gasteiger partial charge in [0.1, 0.15) is 18.2 Å². The first-order chi connectivity index (χ1) is 12.6. The molecular weight excluding hydrogens is 394 g/mol. The summed E-state index contributed by atoms with van der Waals surface area (Å²) in [4.78, 5) is 11.6. The zero-order valence-electron chi connectivity index (χ0n) is 13.7. The summed E-state index contributed by atoms with van der Waals surface area (Å²) >= 11 is 0. The number of nitrogens with one attached hydrogen (secondary N) is 1. The van der Waals surface area contributed by atoms with Gasteiger partial charge in [-0.05, 0) is 12.1 Å². The Morgan fingerprint density at radius 2 is 1.78 bits per heavy atom. The minimum Gasteiger partial charge on any atom is -0.486 e. The molecule has 2 rings (SSSR count). The molecule has 1 amide bonds. The molecule has 0 aliphatic carbocycles. The SMILES string of the molecule is CS(=O)(=O)NC(=O)c1cc(F)c(OCc2ccccc2OC(F)F)cc1F. The highest BCUT2D eigenvalue weighted by Crippen LogP contribution is 2.26. The van der Waals surface area contributed by atoms with Gasteiger partial charge in [-0.25, -0.2) is 21.9 Å². The summed E-state index contributed by atoms with van der Waals surface area (Å²) in [6, 6.07) is 6.60. The molecule has 27 heavy (non-hydrogen) atoms. The molecule has 2 aromatic rings. The number of ether oxygens (including phenoxy) is 2. The Kier molecular flexibility index (Phi) is 6.26. The van der Waals surface area contributed by atoms with Crippen molar-refractivity contribution >= 4 is 15.9 Å². The second-order valence-electron chi connectivity index (χ2n) is 5.24. The molecule has 0 saturated carbocycles. The minimum absolute atomic E-state index is 0.150. The number of amides is 1. The molecule has 1 N–H and O–H groups in total. The van der Waals surface area contributed by atoms with E-state index < -0.39 is 52.1 Å². The smallest absolute Gasteiger partial charge is 0.387 e. The molecule has 2 aromatic carbocycles. The lowest BCUT2D eigenvalue weighted by atomic mass is 10.2. The molecule has 0 atom stereocenters. The lowest BCUT2D eigenvalue weighted by Gasteiger charge is -2.13. The maximum Gasteiger partial charge on any atom is 0.387 e. The number of carbonyl (C=O) groups excluding carboxylic acids is 1. The van der Waals surface area contributed by atoms with Crippen molar-refractivity contribution in [1.29, 1.82) is 0 Å². The fourth-order valence-corrected chi connectivity index (χ4v) is 2.47. The van der Waals surface area contributed by atoms with Crippen LogP contribution in [0.1, 0.15) is 15.9 Å². The first-order valence-corrected chi connectivity index (χ1v) is 9.12. The van der Waals surface area contributed by atoms with Crippen molar-refractivity contribution in [2.45, 2.75) is 13.2 Å². The average Bonchev–Trinajstić information content (AvgIpc) is 2.54.